The zero-order valence-corrected chi connectivity index (χ0v) is 14.6. The molecule has 1 saturated heterocycles. The first-order chi connectivity index (χ1) is 10.2. The fraction of sp³-hybridized carbons (Fsp3) is 0.533. The lowest BCUT2D eigenvalue weighted by Crippen LogP contribution is -2.42. The molecule has 4 nitrogen and oxygen atoms in total. The molecule has 0 amide bonds. The highest BCUT2D eigenvalue weighted by Crippen LogP contribution is 2.40. The van der Waals surface area contributed by atoms with E-state index in [-0.39, 0.29) is 26.5 Å². The van der Waals surface area contributed by atoms with Crippen LogP contribution in [0.1, 0.15) is 37.0 Å². The van der Waals surface area contributed by atoms with Crippen molar-refractivity contribution >= 4 is 40.8 Å². The highest BCUT2D eigenvalue weighted by Gasteiger charge is 2.36. The van der Waals surface area contributed by atoms with E-state index in [1.54, 1.807) is 0 Å². The monoisotopic (exact) mass is 365 g/mol. The van der Waals surface area contributed by atoms with Gasteiger partial charge in [-0.15, -0.1) is 0 Å². The van der Waals surface area contributed by atoms with Crippen LogP contribution in [-0.2, 0) is 4.74 Å². The van der Waals surface area contributed by atoms with E-state index in [4.69, 9.17) is 39.5 Å². The van der Waals surface area contributed by atoms with E-state index in [2.05, 4.69) is 5.32 Å². The lowest BCUT2D eigenvalue weighted by atomic mass is 9.83. The largest absolute Gasteiger partial charge is 0.505 e. The number of phenols is 1. The van der Waals surface area contributed by atoms with Crippen molar-refractivity contribution in [2.24, 2.45) is 5.92 Å². The predicted molar refractivity (Wildman–Crippen MR) is 88.2 cm³/mol. The summed E-state index contributed by atoms with van der Waals surface area (Å²) in [5.74, 6) is -0.911. The number of aromatic hydroxyl groups is 1. The van der Waals surface area contributed by atoms with E-state index < -0.39 is 17.3 Å². The van der Waals surface area contributed by atoms with Crippen LogP contribution in [0.2, 0.25) is 15.1 Å². The minimum absolute atomic E-state index is 0.0407. The molecule has 0 radical (unpaired) electrons. The second kappa shape index (κ2) is 6.83. The van der Waals surface area contributed by atoms with Crippen LogP contribution in [0.3, 0.4) is 0 Å². The maximum absolute atomic E-state index is 12.4. The number of benzene rings is 1. The Balaban J connectivity index is 2.25. The molecule has 0 atom stereocenters. The van der Waals surface area contributed by atoms with Crippen LogP contribution in [0.25, 0.3) is 0 Å². The average molecular weight is 367 g/mol. The van der Waals surface area contributed by atoms with Crippen LogP contribution in [0.4, 0.5) is 0 Å². The quantitative estimate of drug-likeness (QED) is 0.619. The molecule has 2 rings (SSSR count). The molecule has 0 saturated carbocycles. The zero-order valence-electron chi connectivity index (χ0n) is 12.4. The van der Waals surface area contributed by atoms with Gasteiger partial charge in [-0.25, -0.2) is 4.79 Å². The molecule has 0 aliphatic carbocycles. The van der Waals surface area contributed by atoms with Gasteiger partial charge in [0.25, 0.3) is 0 Å². The molecule has 1 heterocycles. The molecular formula is C15H18Cl3NO3. The van der Waals surface area contributed by atoms with Crippen molar-refractivity contribution < 1.29 is 14.6 Å². The van der Waals surface area contributed by atoms with Crippen molar-refractivity contribution in [3.05, 3.63) is 26.7 Å². The average Bonchev–Trinajstić information content (AvgIpc) is 2.46. The van der Waals surface area contributed by atoms with E-state index in [9.17, 15) is 9.90 Å². The molecule has 7 heteroatoms. The number of carbonyl (C=O) groups excluding carboxylic acids is 1. The summed E-state index contributed by atoms with van der Waals surface area (Å²) in [5, 5.41) is 13.3. The first-order valence-corrected chi connectivity index (χ1v) is 8.18. The number of phenolic OH excluding ortho intramolecular Hbond substituents is 1. The maximum Gasteiger partial charge on any atom is 0.344 e. The van der Waals surface area contributed by atoms with E-state index in [0.29, 0.717) is 0 Å². The van der Waals surface area contributed by atoms with Gasteiger partial charge in [-0.2, -0.15) is 0 Å². The van der Waals surface area contributed by atoms with E-state index in [1.165, 1.54) is 6.07 Å². The number of carbonyl (C=O) groups is 1. The van der Waals surface area contributed by atoms with Crippen LogP contribution in [0, 0.1) is 5.92 Å². The summed E-state index contributed by atoms with van der Waals surface area (Å²) in [6, 6.07) is 1.29. The van der Waals surface area contributed by atoms with Gasteiger partial charge in [0.15, 0.2) is 0 Å². The van der Waals surface area contributed by atoms with Gasteiger partial charge in [0, 0.05) is 5.92 Å². The van der Waals surface area contributed by atoms with Gasteiger partial charge in [0.1, 0.15) is 16.9 Å². The number of piperidine rings is 1. The van der Waals surface area contributed by atoms with Crippen LogP contribution in [0.15, 0.2) is 6.07 Å². The molecule has 0 bridgehead atoms. The van der Waals surface area contributed by atoms with Gasteiger partial charge in [-0.05, 0) is 45.8 Å². The van der Waals surface area contributed by atoms with Crippen molar-refractivity contribution in [1.82, 2.24) is 5.32 Å². The third-order valence-corrected chi connectivity index (χ3v) is 5.10. The van der Waals surface area contributed by atoms with Crippen molar-refractivity contribution in [3.63, 3.8) is 0 Å². The lowest BCUT2D eigenvalue weighted by molar-refractivity contribution is -0.0369. The number of halogens is 3. The molecule has 1 aromatic carbocycles. The van der Waals surface area contributed by atoms with Crippen LogP contribution >= 0.6 is 34.8 Å². The molecule has 1 aliphatic heterocycles. The third-order valence-electron chi connectivity index (χ3n) is 4.03. The summed E-state index contributed by atoms with van der Waals surface area (Å²) in [6.07, 6.45) is 1.83. The number of ether oxygens (including phenoxy) is 1. The lowest BCUT2D eigenvalue weighted by Gasteiger charge is -2.36. The molecule has 22 heavy (non-hydrogen) atoms. The fourth-order valence-electron chi connectivity index (χ4n) is 2.66. The Labute approximate surface area is 144 Å². The van der Waals surface area contributed by atoms with Crippen LogP contribution < -0.4 is 5.32 Å². The number of esters is 1. The highest BCUT2D eigenvalue weighted by molar-refractivity contribution is 6.45. The maximum atomic E-state index is 12.4. The van der Waals surface area contributed by atoms with Gasteiger partial charge in [-0.1, -0.05) is 34.8 Å². The molecule has 0 spiro atoms. The molecule has 0 unspecified atom stereocenters. The van der Waals surface area contributed by atoms with Gasteiger partial charge >= 0.3 is 5.97 Å². The summed E-state index contributed by atoms with van der Waals surface area (Å²) < 4.78 is 5.61. The number of hydrogen-bond donors (Lipinski definition) is 2. The Bertz CT molecular complexity index is 558. The van der Waals surface area contributed by atoms with Crippen molar-refractivity contribution in [2.75, 3.05) is 13.1 Å². The van der Waals surface area contributed by atoms with Gasteiger partial charge in [0.2, 0.25) is 0 Å². The smallest absolute Gasteiger partial charge is 0.344 e. The standard InChI is InChI=1S/C15H18Cl3NO3/c1-15(2,8-3-5-19-6-4-8)22-14(21)11-12(18)9(16)7-10(17)13(11)20/h7-8,19-20H,3-6H2,1-2H3. The Morgan fingerprint density at radius 2 is 1.86 bits per heavy atom. The Kier molecular flexibility index (Phi) is 5.49. The predicted octanol–water partition coefficient (Wildman–Crippen LogP) is 4.29. The highest BCUT2D eigenvalue weighted by atomic mass is 35.5. The minimum Gasteiger partial charge on any atom is -0.505 e. The molecule has 2 N–H and O–H groups in total. The Morgan fingerprint density at radius 3 is 2.45 bits per heavy atom. The van der Waals surface area contributed by atoms with Crippen molar-refractivity contribution in [3.8, 4) is 5.75 Å². The molecule has 1 aromatic rings. The molecule has 1 aliphatic rings. The number of hydrogen-bond acceptors (Lipinski definition) is 4. The molecule has 122 valence electrons. The summed E-state index contributed by atoms with van der Waals surface area (Å²) in [7, 11) is 0. The molecule has 0 aromatic heterocycles. The van der Waals surface area contributed by atoms with Gasteiger partial charge in [-0.3, -0.25) is 0 Å². The van der Waals surface area contributed by atoms with Crippen molar-refractivity contribution in [2.45, 2.75) is 32.3 Å². The zero-order chi connectivity index (χ0) is 16.5. The number of nitrogens with one attached hydrogen (secondary N) is 1. The molecular weight excluding hydrogens is 349 g/mol. The fourth-order valence-corrected chi connectivity index (χ4v) is 3.35. The molecule has 1 fully saturated rings. The second-order valence-corrected chi connectivity index (χ2v) is 7.09. The first kappa shape index (κ1) is 17.7. The minimum atomic E-state index is -0.726. The summed E-state index contributed by atoms with van der Waals surface area (Å²) in [5.41, 5.74) is -0.870. The third kappa shape index (κ3) is 3.62. The van der Waals surface area contributed by atoms with Crippen LogP contribution in [-0.4, -0.2) is 29.8 Å². The van der Waals surface area contributed by atoms with Crippen LogP contribution in [0.5, 0.6) is 5.75 Å². The topological polar surface area (TPSA) is 58.6 Å². The van der Waals surface area contributed by atoms with E-state index >= 15 is 0 Å². The van der Waals surface area contributed by atoms with Gasteiger partial charge in [0.05, 0.1) is 15.1 Å². The van der Waals surface area contributed by atoms with E-state index in [0.717, 1.165) is 25.9 Å². The van der Waals surface area contributed by atoms with Crippen molar-refractivity contribution in [1.29, 1.82) is 0 Å². The van der Waals surface area contributed by atoms with Gasteiger partial charge < -0.3 is 15.2 Å². The SMILES string of the molecule is CC(C)(OC(=O)c1c(O)c(Cl)cc(Cl)c1Cl)C1CCNCC1. The summed E-state index contributed by atoms with van der Waals surface area (Å²) in [6.45, 7) is 5.50. The summed E-state index contributed by atoms with van der Waals surface area (Å²) >= 11 is 17.8. The second-order valence-electron chi connectivity index (χ2n) is 5.90. The Hall–Kier alpha value is -0.680. The van der Waals surface area contributed by atoms with E-state index in [1.807, 2.05) is 13.8 Å². The first-order valence-electron chi connectivity index (χ1n) is 7.04. The normalized spacial score (nSPS) is 16.6. The summed E-state index contributed by atoms with van der Waals surface area (Å²) in [4.78, 5) is 12.4. The Morgan fingerprint density at radius 1 is 1.27 bits per heavy atom. The number of rotatable bonds is 3.